The summed E-state index contributed by atoms with van der Waals surface area (Å²) < 4.78 is 6.85. The van der Waals surface area contributed by atoms with E-state index in [1.54, 1.807) is 6.20 Å². The largest absolute Gasteiger partial charge is 0.394 e. The van der Waals surface area contributed by atoms with Crippen molar-refractivity contribution in [2.45, 2.75) is 26.5 Å². The first-order valence-electron chi connectivity index (χ1n) is 5.58. The average molecular weight is 241 g/mol. The van der Waals surface area contributed by atoms with Crippen LogP contribution in [0.3, 0.4) is 0 Å². The van der Waals surface area contributed by atoms with Gasteiger partial charge in [0.15, 0.2) is 0 Å². The number of hydrogen-bond acceptors (Lipinski definition) is 5. The van der Waals surface area contributed by atoms with Crippen molar-refractivity contribution in [1.82, 2.24) is 9.55 Å². The lowest BCUT2D eigenvalue weighted by atomic mass is 10.2. The fourth-order valence-corrected chi connectivity index (χ4v) is 1.29. The minimum atomic E-state index is -0.434. The molecule has 1 unspecified atom stereocenters. The van der Waals surface area contributed by atoms with Gasteiger partial charge in [-0.1, -0.05) is 13.8 Å². The summed E-state index contributed by atoms with van der Waals surface area (Å²) in [6, 6.07) is 1.54. The molecule has 0 amide bonds. The maximum absolute atomic E-state index is 11.5. The van der Waals surface area contributed by atoms with Crippen LogP contribution < -0.4 is 11.4 Å². The third-order valence-electron chi connectivity index (χ3n) is 2.16. The van der Waals surface area contributed by atoms with Crippen molar-refractivity contribution in [3.8, 4) is 0 Å². The molecule has 1 aromatic rings. The minimum Gasteiger partial charge on any atom is -0.394 e. The zero-order chi connectivity index (χ0) is 12.8. The average Bonchev–Trinajstić information content (AvgIpc) is 2.26. The van der Waals surface area contributed by atoms with E-state index in [1.165, 1.54) is 10.6 Å². The first-order valence-corrected chi connectivity index (χ1v) is 5.58. The van der Waals surface area contributed by atoms with Gasteiger partial charge in [0.25, 0.3) is 0 Å². The Bertz CT molecular complexity index is 403. The standard InChI is InChI=1S/C11H19N3O3/c1-8(2)7-17-9(6-15)5-14-4-3-10(12)13-11(14)16/h3-4,8-9,15H,5-7H2,1-2H3,(H2,12,13,16). The first-order chi connectivity index (χ1) is 8.02. The summed E-state index contributed by atoms with van der Waals surface area (Å²) in [5.74, 6) is 0.570. The van der Waals surface area contributed by atoms with E-state index >= 15 is 0 Å². The maximum atomic E-state index is 11.5. The number of ether oxygens (including phenoxy) is 1. The predicted octanol–water partition coefficient (Wildman–Crippen LogP) is -0.141. The molecule has 0 spiro atoms. The highest BCUT2D eigenvalue weighted by molar-refractivity contribution is 5.23. The van der Waals surface area contributed by atoms with Gasteiger partial charge in [0.05, 0.1) is 19.3 Å². The van der Waals surface area contributed by atoms with Crippen molar-refractivity contribution >= 4 is 5.82 Å². The summed E-state index contributed by atoms with van der Waals surface area (Å²) >= 11 is 0. The summed E-state index contributed by atoms with van der Waals surface area (Å²) in [7, 11) is 0. The van der Waals surface area contributed by atoms with Crippen LogP contribution in [0.2, 0.25) is 0 Å². The maximum Gasteiger partial charge on any atom is 0.349 e. The number of rotatable bonds is 6. The van der Waals surface area contributed by atoms with Crippen molar-refractivity contribution in [1.29, 1.82) is 0 Å². The fraction of sp³-hybridized carbons (Fsp3) is 0.636. The summed E-state index contributed by atoms with van der Waals surface area (Å²) in [5, 5.41) is 9.16. The van der Waals surface area contributed by atoms with Gasteiger partial charge in [0, 0.05) is 12.8 Å². The molecule has 1 heterocycles. The van der Waals surface area contributed by atoms with Crippen LogP contribution in [-0.4, -0.2) is 34.0 Å². The minimum absolute atomic E-state index is 0.135. The zero-order valence-electron chi connectivity index (χ0n) is 10.2. The van der Waals surface area contributed by atoms with Gasteiger partial charge in [-0.3, -0.25) is 4.57 Å². The Morgan fingerprint density at radius 3 is 2.82 bits per heavy atom. The smallest absolute Gasteiger partial charge is 0.349 e. The molecule has 1 aromatic heterocycles. The van der Waals surface area contributed by atoms with Gasteiger partial charge in [-0.2, -0.15) is 4.98 Å². The molecule has 0 aliphatic rings. The van der Waals surface area contributed by atoms with Gasteiger partial charge < -0.3 is 15.6 Å². The van der Waals surface area contributed by atoms with Crippen molar-refractivity contribution in [3.63, 3.8) is 0 Å². The van der Waals surface area contributed by atoms with Crippen LogP contribution >= 0.6 is 0 Å². The van der Waals surface area contributed by atoms with E-state index in [9.17, 15) is 4.79 Å². The van der Waals surface area contributed by atoms with Crippen molar-refractivity contribution < 1.29 is 9.84 Å². The Balaban J connectivity index is 2.64. The van der Waals surface area contributed by atoms with Crippen LogP contribution in [0, 0.1) is 5.92 Å². The second-order valence-corrected chi connectivity index (χ2v) is 4.32. The summed E-state index contributed by atoms with van der Waals surface area (Å²) in [5.41, 5.74) is 4.95. The van der Waals surface area contributed by atoms with E-state index in [2.05, 4.69) is 4.98 Å². The second-order valence-electron chi connectivity index (χ2n) is 4.32. The number of aliphatic hydroxyl groups excluding tert-OH is 1. The van der Waals surface area contributed by atoms with Crippen LogP contribution in [0.5, 0.6) is 0 Å². The molecule has 0 fully saturated rings. The molecule has 17 heavy (non-hydrogen) atoms. The molecule has 6 heteroatoms. The lowest BCUT2D eigenvalue weighted by molar-refractivity contribution is -0.00961. The van der Waals surface area contributed by atoms with Gasteiger partial charge >= 0.3 is 5.69 Å². The normalized spacial score (nSPS) is 12.9. The molecule has 1 rings (SSSR count). The SMILES string of the molecule is CC(C)COC(CO)Cn1ccc(N)nc1=O. The Morgan fingerprint density at radius 1 is 1.59 bits per heavy atom. The van der Waals surface area contributed by atoms with Crippen molar-refractivity contribution in [2.75, 3.05) is 18.9 Å². The van der Waals surface area contributed by atoms with E-state index in [0.29, 0.717) is 12.5 Å². The summed E-state index contributed by atoms with van der Waals surface area (Å²) in [6.07, 6.45) is 1.15. The predicted molar refractivity (Wildman–Crippen MR) is 64.6 cm³/mol. The molecule has 6 nitrogen and oxygen atoms in total. The zero-order valence-corrected chi connectivity index (χ0v) is 10.2. The van der Waals surface area contributed by atoms with Gasteiger partial charge in [-0.05, 0) is 12.0 Å². The highest BCUT2D eigenvalue weighted by atomic mass is 16.5. The number of nitrogens with zero attached hydrogens (tertiary/aromatic N) is 2. The molecule has 3 N–H and O–H groups in total. The number of nitrogens with two attached hydrogens (primary N) is 1. The van der Waals surface area contributed by atoms with Crippen LogP contribution in [-0.2, 0) is 11.3 Å². The lowest BCUT2D eigenvalue weighted by Gasteiger charge is -2.17. The van der Waals surface area contributed by atoms with E-state index < -0.39 is 11.8 Å². The van der Waals surface area contributed by atoms with Crippen LogP contribution in [0.4, 0.5) is 5.82 Å². The molecule has 0 saturated heterocycles. The Morgan fingerprint density at radius 2 is 2.29 bits per heavy atom. The van der Waals surface area contributed by atoms with E-state index in [0.717, 1.165) is 0 Å². The number of anilines is 1. The van der Waals surface area contributed by atoms with Gasteiger partial charge in [0.2, 0.25) is 0 Å². The van der Waals surface area contributed by atoms with E-state index in [1.807, 2.05) is 13.8 Å². The molecular weight excluding hydrogens is 222 g/mol. The van der Waals surface area contributed by atoms with Gasteiger partial charge in [-0.15, -0.1) is 0 Å². The quantitative estimate of drug-likeness (QED) is 0.723. The van der Waals surface area contributed by atoms with Gasteiger partial charge in [0.1, 0.15) is 5.82 Å². The van der Waals surface area contributed by atoms with Crippen molar-refractivity contribution in [2.24, 2.45) is 5.92 Å². The monoisotopic (exact) mass is 241 g/mol. The Hall–Kier alpha value is -1.40. The molecule has 0 bridgehead atoms. The summed E-state index contributed by atoms with van der Waals surface area (Å²) in [6.45, 7) is 4.72. The number of hydrogen-bond donors (Lipinski definition) is 2. The third-order valence-corrected chi connectivity index (χ3v) is 2.16. The fourth-order valence-electron chi connectivity index (χ4n) is 1.29. The van der Waals surface area contributed by atoms with Crippen molar-refractivity contribution in [3.05, 3.63) is 22.7 Å². The molecule has 96 valence electrons. The van der Waals surface area contributed by atoms with E-state index in [-0.39, 0.29) is 19.0 Å². The molecule has 0 aliphatic heterocycles. The van der Waals surface area contributed by atoms with Crippen LogP contribution in [0.25, 0.3) is 0 Å². The summed E-state index contributed by atoms with van der Waals surface area (Å²) in [4.78, 5) is 15.1. The first kappa shape index (κ1) is 13.7. The molecular formula is C11H19N3O3. The Kier molecular flexibility index (Phi) is 5.11. The van der Waals surface area contributed by atoms with Crippen LogP contribution in [0.15, 0.2) is 17.1 Å². The number of aliphatic hydroxyl groups is 1. The molecule has 0 aliphatic carbocycles. The van der Waals surface area contributed by atoms with E-state index in [4.69, 9.17) is 15.6 Å². The second kappa shape index (κ2) is 6.36. The highest BCUT2D eigenvalue weighted by Gasteiger charge is 2.11. The molecule has 1 atom stereocenters. The Labute approximate surface area is 100 Å². The number of nitrogen functional groups attached to an aromatic ring is 1. The van der Waals surface area contributed by atoms with Gasteiger partial charge in [-0.25, -0.2) is 4.79 Å². The topological polar surface area (TPSA) is 90.4 Å². The highest BCUT2D eigenvalue weighted by Crippen LogP contribution is 2.00. The third kappa shape index (κ3) is 4.54. The van der Waals surface area contributed by atoms with Crippen LogP contribution in [0.1, 0.15) is 13.8 Å². The number of aromatic nitrogens is 2. The molecule has 0 radical (unpaired) electrons. The molecule has 0 aromatic carbocycles. The lowest BCUT2D eigenvalue weighted by Crippen LogP contribution is -2.32. The molecule has 0 saturated carbocycles.